The molecule has 3 rings (SSSR count). The first-order valence-corrected chi connectivity index (χ1v) is 7.12. The van der Waals surface area contributed by atoms with Crippen LogP contribution in [0, 0.1) is 10.1 Å². The SMILES string of the molecule is O=C(CCc1nc2ccc([N+](=O)[O-])cc2[nH]1)N1CCOCC1. The van der Waals surface area contributed by atoms with Crippen LogP contribution in [-0.2, 0) is 16.0 Å². The van der Waals surface area contributed by atoms with Gasteiger partial charge in [0.15, 0.2) is 0 Å². The normalized spacial score (nSPS) is 15.2. The largest absolute Gasteiger partial charge is 0.378 e. The zero-order valence-corrected chi connectivity index (χ0v) is 11.9. The van der Waals surface area contributed by atoms with Crippen molar-refractivity contribution in [3.63, 3.8) is 0 Å². The van der Waals surface area contributed by atoms with Gasteiger partial charge in [-0.05, 0) is 6.07 Å². The summed E-state index contributed by atoms with van der Waals surface area (Å²) in [4.78, 5) is 31.6. The van der Waals surface area contributed by atoms with Crippen molar-refractivity contribution in [3.8, 4) is 0 Å². The van der Waals surface area contributed by atoms with Gasteiger partial charge in [0.25, 0.3) is 5.69 Å². The van der Waals surface area contributed by atoms with Gasteiger partial charge in [-0.1, -0.05) is 0 Å². The molecule has 0 bridgehead atoms. The topological polar surface area (TPSA) is 101 Å². The molecule has 0 unspecified atom stereocenters. The van der Waals surface area contributed by atoms with Crippen molar-refractivity contribution in [2.45, 2.75) is 12.8 Å². The summed E-state index contributed by atoms with van der Waals surface area (Å²) in [5, 5.41) is 10.8. The molecule has 2 aromatic rings. The lowest BCUT2D eigenvalue weighted by atomic mass is 10.2. The van der Waals surface area contributed by atoms with Crippen LogP contribution < -0.4 is 0 Å². The molecular formula is C14H16N4O4. The van der Waals surface area contributed by atoms with Gasteiger partial charge in [-0.15, -0.1) is 0 Å². The van der Waals surface area contributed by atoms with E-state index in [2.05, 4.69) is 9.97 Å². The number of carbonyl (C=O) groups is 1. The van der Waals surface area contributed by atoms with Crippen LogP contribution >= 0.6 is 0 Å². The second kappa shape index (κ2) is 6.10. The third kappa shape index (κ3) is 3.06. The maximum Gasteiger partial charge on any atom is 0.271 e. The summed E-state index contributed by atoms with van der Waals surface area (Å²) in [6.07, 6.45) is 0.848. The smallest absolute Gasteiger partial charge is 0.271 e. The summed E-state index contributed by atoms with van der Waals surface area (Å²) in [5.41, 5.74) is 1.30. The van der Waals surface area contributed by atoms with Crippen LogP contribution in [0.4, 0.5) is 5.69 Å². The number of amides is 1. The number of benzene rings is 1. The Morgan fingerprint density at radius 2 is 2.18 bits per heavy atom. The van der Waals surface area contributed by atoms with E-state index in [9.17, 15) is 14.9 Å². The fourth-order valence-corrected chi connectivity index (χ4v) is 2.48. The lowest BCUT2D eigenvalue weighted by molar-refractivity contribution is -0.384. The third-order valence-corrected chi connectivity index (χ3v) is 3.66. The zero-order chi connectivity index (χ0) is 15.5. The number of nitrogens with one attached hydrogen (secondary N) is 1. The summed E-state index contributed by atoms with van der Waals surface area (Å²) in [6, 6.07) is 4.48. The van der Waals surface area contributed by atoms with E-state index in [1.165, 1.54) is 12.1 Å². The number of carbonyl (C=O) groups excluding carboxylic acids is 1. The second-order valence-electron chi connectivity index (χ2n) is 5.14. The van der Waals surface area contributed by atoms with E-state index < -0.39 is 4.92 Å². The third-order valence-electron chi connectivity index (χ3n) is 3.66. The molecule has 0 saturated carbocycles. The predicted octanol–water partition coefficient (Wildman–Crippen LogP) is 1.26. The first kappa shape index (κ1) is 14.5. The van der Waals surface area contributed by atoms with Gasteiger partial charge in [0.1, 0.15) is 5.82 Å². The number of rotatable bonds is 4. The molecule has 1 amide bonds. The van der Waals surface area contributed by atoms with Crippen molar-refractivity contribution in [1.29, 1.82) is 0 Å². The zero-order valence-electron chi connectivity index (χ0n) is 11.9. The molecule has 22 heavy (non-hydrogen) atoms. The van der Waals surface area contributed by atoms with E-state index >= 15 is 0 Å². The number of aryl methyl sites for hydroxylation is 1. The number of non-ortho nitro benzene ring substituents is 1. The maximum atomic E-state index is 12.1. The lowest BCUT2D eigenvalue weighted by Crippen LogP contribution is -2.40. The summed E-state index contributed by atoms with van der Waals surface area (Å²) in [5.74, 6) is 0.742. The highest BCUT2D eigenvalue weighted by atomic mass is 16.6. The Morgan fingerprint density at radius 3 is 2.91 bits per heavy atom. The van der Waals surface area contributed by atoms with E-state index in [-0.39, 0.29) is 11.6 Å². The molecule has 1 aliphatic heterocycles. The summed E-state index contributed by atoms with van der Waals surface area (Å²) < 4.78 is 5.22. The Kier molecular flexibility index (Phi) is 4.01. The Hall–Kier alpha value is -2.48. The molecule has 1 aromatic heterocycles. The van der Waals surface area contributed by atoms with Gasteiger partial charge in [-0.2, -0.15) is 0 Å². The van der Waals surface area contributed by atoms with Crippen molar-refractivity contribution in [2.75, 3.05) is 26.3 Å². The van der Waals surface area contributed by atoms with Crippen molar-refractivity contribution in [3.05, 3.63) is 34.1 Å². The number of hydrogen-bond donors (Lipinski definition) is 1. The van der Waals surface area contributed by atoms with E-state index in [0.717, 1.165) is 0 Å². The summed E-state index contributed by atoms with van der Waals surface area (Å²) in [7, 11) is 0. The van der Waals surface area contributed by atoms with Gasteiger partial charge in [0.2, 0.25) is 5.91 Å². The molecule has 0 atom stereocenters. The second-order valence-corrected chi connectivity index (χ2v) is 5.14. The highest BCUT2D eigenvalue weighted by Crippen LogP contribution is 2.19. The van der Waals surface area contributed by atoms with E-state index in [4.69, 9.17) is 4.74 Å². The van der Waals surface area contributed by atoms with Crippen LogP contribution in [-0.4, -0.2) is 52.0 Å². The Labute approximate surface area is 126 Å². The highest BCUT2D eigenvalue weighted by molar-refractivity contribution is 5.78. The molecule has 1 aliphatic rings. The Balaban J connectivity index is 1.66. The van der Waals surface area contributed by atoms with Crippen LogP contribution in [0.3, 0.4) is 0 Å². The van der Waals surface area contributed by atoms with Crippen LogP contribution in [0.15, 0.2) is 18.2 Å². The number of hydrogen-bond acceptors (Lipinski definition) is 5. The average Bonchev–Trinajstić information content (AvgIpc) is 2.95. The molecule has 1 saturated heterocycles. The van der Waals surface area contributed by atoms with Gasteiger partial charge >= 0.3 is 0 Å². The molecule has 116 valence electrons. The van der Waals surface area contributed by atoms with Crippen molar-refractivity contribution >= 4 is 22.6 Å². The van der Waals surface area contributed by atoms with Gasteiger partial charge in [-0.25, -0.2) is 4.98 Å². The molecule has 1 aromatic carbocycles. The van der Waals surface area contributed by atoms with Gasteiger partial charge in [0, 0.05) is 38.1 Å². The number of aromatic amines is 1. The number of nitrogens with zero attached hydrogens (tertiary/aromatic N) is 3. The van der Waals surface area contributed by atoms with Crippen LogP contribution in [0.25, 0.3) is 11.0 Å². The molecule has 2 heterocycles. The number of aromatic nitrogens is 2. The van der Waals surface area contributed by atoms with Crippen LogP contribution in [0.2, 0.25) is 0 Å². The van der Waals surface area contributed by atoms with Crippen molar-refractivity contribution in [1.82, 2.24) is 14.9 Å². The van der Waals surface area contributed by atoms with E-state index in [1.54, 1.807) is 11.0 Å². The number of fused-ring (bicyclic) bond motifs is 1. The fraction of sp³-hybridized carbons (Fsp3) is 0.429. The first-order chi connectivity index (χ1) is 10.6. The minimum atomic E-state index is -0.443. The van der Waals surface area contributed by atoms with E-state index in [1.807, 2.05) is 0 Å². The molecule has 0 aliphatic carbocycles. The highest BCUT2D eigenvalue weighted by Gasteiger charge is 2.17. The van der Waals surface area contributed by atoms with Crippen molar-refractivity contribution < 1.29 is 14.5 Å². The van der Waals surface area contributed by atoms with Gasteiger partial charge in [0.05, 0.1) is 29.2 Å². The number of ether oxygens (including phenoxy) is 1. The molecule has 1 fully saturated rings. The molecular weight excluding hydrogens is 288 g/mol. The Bertz CT molecular complexity index is 706. The molecule has 0 spiro atoms. The van der Waals surface area contributed by atoms with Gasteiger partial charge in [-0.3, -0.25) is 14.9 Å². The first-order valence-electron chi connectivity index (χ1n) is 7.12. The lowest BCUT2D eigenvalue weighted by Gasteiger charge is -2.26. The number of nitro groups is 1. The van der Waals surface area contributed by atoms with E-state index in [0.29, 0.717) is 56.0 Å². The number of imidazole rings is 1. The number of morpholine rings is 1. The molecule has 1 N–H and O–H groups in total. The number of nitro benzene ring substituents is 1. The molecule has 8 heteroatoms. The average molecular weight is 304 g/mol. The maximum absolute atomic E-state index is 12.1. The quantitative estimate of drug-likeness (QED) is 0.677. The summed E-state index contributed by atoms with van der Waals surface area (Å²) in [6.45, 7) is 2.43. The monoisotopic (exact) mass is 304 g/mol. The van der Waals surface area contributed by atoms with Gasteiger partial charge < -0.3 is 14.6 Å². The summed E-state index contributed by atoms with van der Waals surface area (Å²) >= 11 is 0. The molecule has 0 radical (unpaired) electrons. The Morgan fingerprint density at radius 1 is 1.41 bits per heavy atom. The van der Waals surface area contributed by atoms with Crippen LogP contribution in [0.1, 0.15) is 12.2 Å². The van der Waals surface area contributed by atoms with Crippen molar-refractivity contribution in [2.24, 2.45) is 0 Å². The number of H-pyrrole nitrogens is 1. The fourth-order valence-electron chi connectivity index (χ4n) is 2.48. The predicted molar refractivity (Wildman–Crippen MR) is 78.5 cm³/mol. The molecule has 8 nitrogen and oxygen atoms in total. The standard InChI is InChI=1S/C14H16N4O4/c19-14(17-5-7-22-8-6-17)4-3-13-15-11-2-1-10(18(20)21)9-12(11)16-13/h1-2,9H,3-8H2,(H,15,16). The minimum Gasteiger partial charge on any atom is -0.378 e. The minimum absolute atomic E-state index is 0.0205. The van der Waals surface area contributed by atoms with Crippen LogP contribution in [0.5, 0.6) is 0 Å².